The molecule has 3 heteroatoms. The zero-order valence-electron chi connectivity index (χ0n) is 12.1. The molecule has 0 amide bonds. The number of thiocarbonyl (C=S) groups is 1. The van der Waals surface area contributed by atoms with Crippen LogP contribution in [0.25, 0.3) is 0 Å². The highest BCUT2D eigenvalue weighted by Gasteiger charge is 2.21. The summed E-state index contributed by atoms with van der Waals surface area (Å²) in [6.07, 6.45) is 5.21. The van der Waals surface area contributed by atoms with Crippen LogP contribution in [0.4, 0.5) is 5.69 Å². The van der Waals surface area contributed by atoms with Crippen molar-refractivity contribution >= 4 is 23.0 Å². The zero-order chi connectivity index (χ0) is 13.8. The first kappa shape index (κ1) is 14.3. The molecule has 0 unspecified atom stereocenters. The minimum atomic E-state index is 0.527. The van der Waals surface area contributed by atoms with E-state index in [9.17, 15) is 0 Å². The molecule has 0 bridgehead atoms. The Labute approximate surface area is 122 Å². The second-order valence-corrected chi connectivity index (χ2v) is 6.19. The first-order valence-electron chi connectivity index (χ1n) is 7.21. The van der Waals surface area contributed by atoms with Gasteiger partial charge in [0.05, 0.1) is 0 Å². The maximum Gasteiger partial charge on any atom is 0.171 e. The van der Waals surface area contributed by atoms with Gasteiger partial charge in [-0.05, 0) is 62.0 Å². The van der Waals surface area contributed by atoms with Crippen LogP contribution < -0.4 is 10.6 Å². The third-order valence-electron chi connectivity index (χ3n) is 4.07. The number of benzene rings is 1. The van der Waals surface area contributed by atoms with Gasteiger partial charge in [0.25, 0.3) is 0 Å². The molecule has 0 aromatic heterocycles. The Morgan fingerprint density at radius 3 is 2.68 bits per heavy atom. The summed E-state index contributed by atoms with van der Waals surface area (Å²) in [4.78, 5) is 0. The Morgan fingerprint density at radius 2 is 1.95 bits per heavy atom. The van der Waals surface area contributed by atoms with E-state index < -0.39 is 0 Å². The molecule has 0 aliphatic heterocycles. The van der Waals surface area contributed by atoms with Gasteiger partial charge >= 0.3 is 0 Å². The van der Waals surface area contributed by atoms with Gasteiger partial charge in [0.1, 0.15) is 0 Å². The fourth-order valence-corrected chi connectivity index (χ4v) is 2.99. The number of rotatable bonds is 2. The monoisotopic (exact) mass is 276 g/mol. The molecule has 104 valence electrons. The largest absolute Gasteiger partial charge is 0.359 e. The average Bonchev–Trinajstić information content (AvgIpc) is 2.37. The van der Waals surface area contributed by atoms with Crippen LogP contribution in [-0.4, -0.2) is 11.2 Å². The smallest absolute Gasteiger partial charge is 0.171 e. The van der Waals surface area contributed by atoms with Gasteiger partial charge in [0.2, 0.25) is 0 Å². The number of hydrogen-bond acceptors (Lipinski definition) is 1. The van der Waals surface area contributed by atoms with E-state index in [2.05, 4.69) is 49.6 Å². The van der Waals surface area contributed by atoms with Crippen LogP contribution in [0.15, 0.2) is 18.2 Å². The van der Waals surface area contributed by atoms with Crippen molar-refractivity contribution in [3.8, 4) is 0 Å². The van der Waals surface area contributed by atoms with E-state index in [4.69, 9.17) is 12.2 Å². The Morgan fingerprint density at radius 1 is 1.21 bits per heavy atom. The highest BCUT2D eigenvalue weighted by atomic mass is 32.1. The number of nitrogens with one attached hydrogen (secondary N) is 2. The van der Waals surface area contributed by atoms with Crippen LogP contribution in [0.2, 0.25) is 0 Å². The Kier molecular flexibility index (Phi) is 4.81. The predicted molar refractivity (Wildman–Crippen MR) is 86.7 cm³/mol. The van der Waals surface area contributed by atoms with Gasteiger partial charge in [-0.25, -0.2) is 0 Å². The summed E-state index contributed by atoms with van der Waals surface area (Å²) >= 11 is 5.45. The van der Waals surface area contributed by atoms with Crippen LogP contribution in [0.3, 0.4) is 0 Å². The van der Waals surface area contributed by atoms with E-state index in [0.717, 1.165) is 10.8 Å². The minimum Gasteiger partial charge on any atom is -0.359 e. The molecular formula is C16H24N2S. The lowest BCUT2D eigenvalue weighted by Crippen LogP contribution is -2.43. The number of anilines is 1. The SMILES string of the molecule is Cc1ccc(C)c(NC(=S)N[C@@H]2CCCC[C@H]2C)c1. The van der Waals surface area contributed by atoms with Crippen molar-refractivity contribution in [3.63, 3.8) is 0 Å². The first-order valence-corrected chi connectivity index (χ1v) is 7.62. The van der Waals surface area contributed by atoms with Crippen LogP contribution in [0.5, 0.6) is 0 Å². The average molecular weight is 276 g/mol. The fraction of sp³-hybridized carbons (Fsp3) is 0.562. The summed E-state index contributed by atoms with van der Waals surface area (Å²) in [5.74, 6) is 0.715. The summed E-state index contributed by atoms with van der Waals surface area (Å²) in [7, 11) is 0. The zero-order valence-corrected chi connectivity index (χ0v) is 12.9. The van der Waals surface area contributed by atoms with Gasteiger partial charge in [-0.3, -0.25) is 0 Å². The maximum atomic E-state index is 5.45. The molecule has 2 atom stereocenters. The van der Waals surface area contributed by atoms with E-state index >= 15 is 0 Å². The lowest BCUT2D eigenvalue weighted by molar-refractivity contribution is 0.309. The standard InChI is InChI=1S/C16H24N2S/c1-11-8-9-13(3)15(10-11)18-16(19)17-14-7-5-4-6-12(14)2/h8-10,12,14H,4-7H2,1-3H3,(H2,17,18,19)/t12-,14-/m1/s1. The lowest BCUT2D eigenvalue weighted by Gasteiger charge is -2.30. The minimum absolute atomic E-state index is 0.527. The number of hydrogen-bond donors (Lipinski definition) is 2. The van der Waals surface area contributed by atoms with Gasteiger partial charge < -0.3 is 10.6 Å². The molecule has 1 aromatic carbocycles. The van der Waals surface area contributed by atoms with Crippen molar-refractivity contribution in [1.29, 1.82) is 0 Å². The number of aryl methyl sites for hydroxylation is 2. The van der Waals surface area contributed by atoms with Crippen molar-refractivity contribution in [2.45, 2.75) is 52.5 Å². The molecular weight excluding hydrogens is 252 g/mol. The van der Waals surface area contributed by atoms with E-state index in [1.165, 1.54) is 36.8 Å². The highest BCUT2D eigenvalue weighted by Crippen LogP contribution is 2.24. The van der Waals surface area contributed by atoms with Gasteiger partial charge in [-0.15, -0.1) is 0 Å². The van der Waals surface area contributed by atoms with Crippen LogP contribution >= 0.6 is 12.2 Å². The van der Waals surface area contributed by atoms with Gasteiger partial charge in [-0.1, -0.05) is 31.9 Å². The van der Waals surface area contributed by atoms with E-state index in [1.54, 1.807) is 0 Å². The Bertz CT molecular complexity index is 456. The maximum absolute atomic E-state index is 5.45. The normalized spacial score (nSPS) is 22.9. The third kappa shape index (κ3) is 3.93. The highest BCUT2D eigenvalue weighted by molar-refractivity contribution is 7.80. The van der Waals surface area contributed by atoms with Gasteiger partial charge in [0.15, 0.2) is 5.11 Å². The molecule has 19 heavy (non-hydrogen) atoms. The molecule has 1 fully saturated rings. The molecule has 0 radical (unpaired) electrons. The second-order valence-electron chi connectivity index (χ2n) is 5.79. The topological polar surface area (TPSA) is 24.1 Å². The Balaban J connectivity index is 1.95. The van der Waals surface area contributed by atoms with Crippen molar-refractivity contribution < 1.29 is 0 Å². The molecule has 1 aliphatic carbocycles. The first-order chi connectivity index (χ1) is 9.06. The molecule has 2 nitrogen and oxygen atoms in total. The fourth-order valence-electron chi connectivity index (χ4n) is 2.73. The van der Waals surface area contributed by atoms with Crippen molar-refractivity contribution in [2.24, 2.45) is 5.92 Å². The van der Waals surface area contributed by atoms with E-state index in [-0.39, 0.29) is 0 Å². The summed E-state index contributed by atoms with van der Waals surface area (Å²) in [5, 5.41) is 7.58. The van der Waals surface area contributed by atoms with E-state index in [1.807, 2.05) is 0 Å². The van der Waals surface area contributed by atoms with Gasteiger partial charge in [0, 0.05) is 11.7 Å². The second kappa shape index (κ2) is 6.38. The molecule has 1 aliphatic rings. The van der Waals surface area contributed by atoms with Crippen LogP contribution in [0.1, 0.15) is 43.7 Å². The summed E-state index contributed by atoms with van der Waals surface area (Å²) in [6.45, 7) is 6.52. The van der Waals surface area contributed by atoms with E-state index in [0.29, 0.717) is 12.0 Å². The quantitative estimate of drug-likeness (QED) is 0.793. The molecule has 2 rings (SSSR count). The molecule has 1 saturated carbocycles. The summed E-state index contributed by atoms with van der Waals surface area (Å²) in [5.41, 5.74) is 3.59. The summed E-state index contributed by atoms with van der Waals surface area (Å²) in [6, 6.07) is 6.93. The molecule has 2 N–H and O–H groups in total. The molecule has 0 heterocycles. The van der Waals surface area contributed by atoms with Crippen molar-refractivity contribution in [1.82, 2.24) is 5.32 Å². The molecule has 0 saturated heterocycles. The van der Waals surface area contributed by atoms with Crippen molar-refractivity contribution in [3.05, 3.63) is 29.3 Å². The van der Waals surface area contributed by atoms with Gasteiger partial charge in [-0.2, -0.15) is 0 Å². The third-order valence-corrected chi connectivity index (χ3v) is 4.29. The molecule has 0 spiro atoms. The van der Waals surface area contributed by atoms with Crippen LogP contribution in [0, 0.1) is 19.8 Å². The Hall–Kier alpha value is -1.09. The molecule has 1 aromatic rings. The lowest BCUT2D eigenvalue weighted by atomic mass is 9.86. The predicted octanol–water partition coefficient (Wildman–Crippen LogP) is 4.17. The van der Waals surface area contributed by atoms with Crippen molar-refractivity contribution in [2.75, 3.05) is 5.32 Å². The van der Waals surface area contributed by atoms with Crippen LogP contribution in [-0.2, 0) is 0 Å². The summed E-state index contributed by atoms with van der Waals surface area (Å²) < 4.78 is 0.